The molecule has 1 aromatic rings. The molecule has 0 radical (unpaired) electrons. The number of hydrogen-bond donors (Lipinski definition) is 2. The Hall–Kier alpha value is -2.99. The second kappa shape index (κ2) is 11.7. The van der Waals surface area contributed by atoms with E-state index in [-0.39, 0.29) is 12.3 Å². The monoisotopic (exact) mass is 383 g/mol. The number of benzene rings is 1. The highest BCUT2D eigenvalue weighted by Gasteiger charge is 2.05. The Morgan fingerprint density at radius 2 is 2.25 bits per heavy atom. The van der Waals surface area contributed by atoms with Gasteiger partial charge in [0.15, 0.2) is 6.29 Å². The lowest BCUT2D eigenvalue weighted by Crippen LogP contribution is -2.25. The molecule has 1 aliphatic carbocycles. The molecule has 0 saturated carbocycles. The number of methoxy groups -OCH3 is 1. The van der Waals surface area contributed by atoms with Gasteiger partial charge >= 0.3 is 0 Å². The number of amidine groups is 1. The molecule has 0 fully saturated rings. The molecule has 0 bridgehead atoms. The number of hydrogen-bond acceptors (Lipinski definition) is 4. The summed E-state index contributed by atoms with van der Waals surface area (Å²) in [6.07, 6.45) is 14.9. The third kappa shape index (κ3) is 7.32. The van der Waals surface area contributed by atoms with E-state index >= 15 is 0 Å². The van der Waals surface area contributed by atoms with Crippen LogP contribution in [0.5, 0.6) is 0 Å². The van der Waals surface area contributed by atoms with Crippen molar-refractivity contribution in [3.8, 4) is 0 Å². The van der Waals surface area contributed by atoms with Crippen LogP contribution in [0.25, 0.3) is 0 Å². The summed E-state index contributed by atoms with van der Waals surface area (Å²) in [6.45, 7) is 0.915. The first-order valence-electron chi connectivity index (χ1n) is 9.11. The number of carbonyl (C=O) groups excluding carboxylic acids is 1. The van der Waals surface area contributed by atoms with Gasteiger partial charge in [0.2, 0.25) is 0 Å². The largest absolute Gasteiger partial charge is 0.402 e. The number of aldehydes is 1. The number of ether oxygens (including phenoxy) is 1. The lowest BCUT2D eigenvalue weighted by Gasteiger charge is -2.09. The highest BCUT2D eigenvalue weighted by molar-refractivity contribution is 5.93. The number of rotatable bonds is 9. The van der Waals surface area contributed by atoms with Crippen LogP contribution in [0.4, 0.5) is 4.39 Å². The van der Waals surface area contributed by atoms with Crippen LogP contribution in [-0.4, -0.2) is 32.5 Å². The zero-order chi connectivity index (χ0) is 20.2. The first-order chi connectivity index (χ1) is 13.6. The summed E-state index contributed by atoms with van der Waals surface area (Å²) in [6, 6.07) is 4.38. The molecule has 5 nitrogen and oxygen atoms in total. The van der Waals surface area contributed by atoms with Gasteiger partial charge in [-0.15, -0.1) is 0 Å². The quantitative estimate of drug-likeness (QED) is 0.389. The van der Waals surface area contributed by atoms with Crippen LogP contribution in [0.2, 0.25) is 0 Å². The van der Waals surface area contributed by atoms with Gasteiger partial charge in [-0.2, -0.15) is 0 Å². The van der Waals surface area contributed by atoms with Crippen LogP contribution < -0.4 is 11.1 Å². The highest BCUT2D eigenvalue weighted by Crippen LogP contribution is 2.11. The number of carbonyl (C=O) groups is 1. The van der Waals surface area contributed by atoms with Crippen molar-refractivity contribution < 1.29 is 13.9 Å². The van der Waals surface area contributed by atoms with Crippen molar-refractivity contribution in [1.82, 2.24) is 5.32 Å². The molecule has 0 aliphatic heterocycles. The molecule has 6 heteroatoms. The lowest BCUT2D eigenvalue weighted by molar-refractivity contribution is 0.111. The van der Waals surface area contributed by atoms with Crippen molar-refractivity contribution >= 4 is 12.1 Å². The second-order valence-corrected chi connectivity index (χ2v) is 6.31. The summed E-state index contributed by atoms with van der Waals surface area (Å²) in [7, 11) is 1.57. The normalized spacial score (nSPS) is 14.6. The fraction of sp³-hybridized carbons (Fsp3) is 0.273. The molecule has 28 heavy (non-hydrogen) atoms. The summed E-state index contributed by atoms with van der Waals surface area (Å²) in [5.74, 6) is 0.0794. The molecule has 1 aliphatic rings. The van der Waals surface area contributed by atoms with Crippen molar-refractivity contribution in [2.24, 2.45) is 10.7 Å². The molecule has 0 spiro atoms. The van der Waals surface area contributed by atoms with Crippen molar-refractivity contribution in [3.63, 3.8) is 0 Å². The summed E-state index contributed by atoms with van der Waals surface area (Å²) >= 11 is 0. The number of nitrogens with two attached hydrogens (primary N) is 1. The standard InChI is InChI=1S/C22H26FN3O2/c1-28-16-26-22(25-11-10-17-6-4-2-3-5-7-17)14-20(24)13-18-8-9-21(23)19(12-18)15-27/h2-4,6-9,12,14-15H,5,10-11,13,16,24H2,1H3,(H,25,26)/b20-14-. The molecule has 0 aromatic heterocycles. The minimum atomic E-state index is -0.539. The predicted octanol–water partition coefficient (Wildman–Crippen LogP) is 3.45. The first-order valence-corrected chi connectivity index (χ1v) is 9.11. The number of nitrogens with one attached hydrogen (secondary N) is 1. The van der Waals surface area contributed by atoms with E-state index < -0.39 is 5.82 Å². The Bertz CT molecular complexity index is 823. The van der Waals surface area contributed by atoms with Gasteiger partial charge in [-0.1, -0.05) is 36.4 Å². The van der Waals surface area contributed by atoms with Crippen molar-refractivity contribution in [2.75, 3.05) is 20.4 Å². The average Bonchev–Trinajstić information content (AvgIpc) is 2.96. The topological polar surface area (TPSA) is 76.7 Å². The van der Waals surface area contributed by atoms with Crippen molar-refractivity contribution in [3.05, 3.63) is 82.9 Å². The number of allylic oxidation sites excluding steroid dienone is 6. The second-order valence-electron chi connectivity index (χ2n) is 6.31. The smallest absolute Gasteiger partial charge is 0.153 e. The van der Waals surface area contributed by atoms with Gasteiger partial charge in [0.25, 0.3) is 0 Å². The van der Waals surface area contributed by atoms with Gasteiger partial charge in [-0.25, -0.2) is 9.38 Å². The van der Waals surface area contributed by atoms with Gasteiger partial charge in [0.05, 0.1) is 5.56 Å². The molecule has 2 rings (SSSR count). The molecule has 3 N–H and O–H groups in total. The van der Waals surface area contributed by atoms with E-state index in [2.05, 4.69) is 28.5 Å². The van der Waals surface area contributed by atoms with Gasteiger partial charge in [-0.3, -0.25) is 4.79 Å². The maximum atomic E-state index is 13.4. The number of nitrogens with zero attached hydrogens (tertiary/aromatic N) is 1. The van der Waals surface area contributed by atoms with E-state index in [1.165, 1.54) is 17.7 Å². The molecule has 0 amide bonds. The van der Waals surface area contributed by atoms with Gasteiger partial charge in [-0.05, 0) is 42.2 Å². The Morgan fingerprint density at radius 1 is 1.39 bits per heavy atom. The van der Waals surface area contributed by atoms with Gasteiger partial charge in [0.1, 0.15) is 18.4 Å². The minimum absolute atomic E-state index is 0.0240. The fourth-order valence-electron chi connectivity index (χ4n) is 2.69. The van der Waals surface area contributed by atoms with E-state index in [1.54, 1.807) is 19.3 Å². The van der Waals surface area contributed by atoms with Crippen molar-refractivity contribution in [2.45, 2.75) is 19.3 Å². The van der Waals surface area contributed by atoms with Crippen molar-refractivity contribution in [1.29, 1.82) is 0 Å². The summed E-state index contributed by atoms with van der Waals surface area (Å²) in [5.41, 5.74) is 8.71. The van der Waals surface area contributed by atoms with Crippen LogP contribution in [0.1, 0.15) is 28.8 Å². The molecule has 148 valence electrons. The number of halogens is 1. The molecule has 1 aromatic carbocycles. The molecular formula is C22H26FN3O2. The Kier molecular flexibility index (Phi) is 8.88. The summed E-state index contributed by atoms with van der Waals surface area (Å²) < 4.78 is 18.5. The maximum Gasteiger partial charge on any atom is 0.153 e. The lowest BCUT2D eigenvalue weighted by atomic mass is 10.1. The summed E-state index contributed by atoms with van der Waals surface area (Å²) in [4.78, 5) is 15.2. The van der Waals surface area contributed by atoms with Crippen LogP contribution in [0.15, 0.2) is 70.9 Å². The van der Waals surface area contributed by atoms with Crippen LogP contribution in [0.3, 0.4) is 0 Å². The molecular weight excluding hydrogens is 357 g/mol. The van der Waals surface area contributed by atoms with Crippen LogP contribution >= 0.6 is 0 Å². The maximum absolute atomic E-state index is 13.4. The predicted molar refractivity (Wildman–Crippen MR) is 111 cm³/mol. The van der Waals surface area contributed by atoms with E-state index in [1.807, 2.05) is 12.2 Å². The Labute approximate surface area is 165 Å². The number of aliphatic imine (C=N–C) groups is 1. The molecule has 0 saturated heterocycles. The summed E-state index contributed by atoms with van der Waals surface area (Å²) in [5, 5.41) is 3.27. The van der Waals surface area contributed by atoms with E-state index in [9.17, 15) is 9.18 Å². The minimum Gasteiger partial charge on any atom is -0.402 e. The van der Waals surface area contributed by atoms with Gasteiger partial charge in [0, 0.05) is 25.8 Å². The molecule has 0 heterocycles. The first kappa shape index (κ1) is 21.3. The van der Waals surface area contributed by atoms with Crippen LogP contribution in [0, 0.1) is 5.82 Å². The zero-order valence-electron chi connectivity index (χ0n) is 16.0. The van der Waals surface area contributed by atoms with Crippen LogP contribution in [-0.2, 0) is 11.2 Å². The molecule has 0 unspecified atom stereocenters. The van der Waals surface area contributed by atoms with E-state index in [0.29, 0.717) is 30.8 Å². The average molecular weight is 383 g/mol. The third-order valence-corrected chi connectivity index (χ3v) is 4.08. The Balaban J connectivity index is 1.99. The SMILES string of the molecule is COC/N=C(\C=C(/N)Cc1ccc(F)c(C=O)c1)NCCC1=CCC=CC=C1. The molecule has 0 atom stereocenters. The zero-order valence-corrected chi connectivity index (χ0v) is 16.0. The van der Waals surface area contributed by atoms with Gasteiger partial charge < -0.3 is 15.8 Å². The van der Waals surface area contributed by atoms with E-state index in [0.717, 1.165) is 18.4 Å². The third-order valence-electron chi connectivity index (χ3n) is 4.08. The van der Waals surface area contributed by atoms with E-state index in [4.69, 9.17) is 10.5 Å². The fourth-order valence-corrected chi connectivity index (χ4v) is 2.69. The highest BCUT2D eigenvalue weighted by atomic mass is 19.1. The Morgan fingerprint density at radius 3 is 3.04 bits per heavy atom.